The lowest BCUT2D eigenvalue weighted by atomic mass is 9.78. The fourth-order valence-electron chi connectivity index (χ4n) is 1.78. The highest BCUT2D eigenvalue weighted by Gasteiger charge is 2.41. The van der Waals surface area contributed by atoms with Crippen LogP contribution in [0.1, 0.15) is 32.8 Å². The molecule has 1 aromatic carbocycles. The molecular weight excluding hydrogens is 204 g/mol. The second kappa shape index (κ2) is 4.26. The van der Waals surface area contributed by atoms with E-state index in [-0.39, 0.29) is 11.8 Å². The average Bonchev–Trinajstić information content (AvgIpc) is 2.16. The van der Waals surface area contributed by atoms with Gasteiger partial charge < -0.3 is 10.2 Å². The topological polar surface area (TPSA) is 57.5 Å². The van der Waals surface area contributed by atoms with Gasteiger partial charge in [0.2, 0.25) is 0 Å². The van der Waals surface area contributed by atoms with E-state index >= 15 is 0 Å². The van der Waals surface area contributed by atoms with Gasteiger partial charge in [-0.15, -0.1) is 0 Å². The first-order valence-corrected chi connectivity index (χ1v) is 5.27. The summed E-state index contributed by atoms with van der Waals surface area (Å²) in [4.78, 5) is 11.2. The normalized spacial score (nSPS) is 15.5. The Labute approximate surface area is 95.7 Å². The number of carbonyl (C=O) groups is 1. The van der Waals surface area contributed by atoms with Crippen LogP contribution in [0.25, 0.3) is 0 Å². The first-order chi connectivity index (χ1) is 7.26. The molecule has 0 saturated heterocycles. The number of carboxylic acid groups (broad SMARTS) is 1. The van der Waals surface area contributed by atoms with Crippen molar-refractivity contribution in [3.8, 4) is 0 Å². The van der Waals surface area contributed by atoms with E-state index in [0.717, 1.165) is 0 Å². The molecule has 0 saturated carbocycles. The van der Waals surface area contributed by atoms with Crippen LogP contribution in [0.2, 0.25) is 0 Å². The summed E-state index contributed by atoms with van der Waals surface area (Å²) in [5.74, 6) is -1.20. The van der Waals surface area contributed by atoms with Gasteiger partial charge in [-0.2, -0.15) is 0 Å². The van der Waals surface area contributed by atoms with Crippen LogP contribution < -0.4 is 0 Å². The van der Waals surface area contributed by atoms with Crippen molar-refractivity contribution in [3.05, 3.63) is 35.9 Å². The lowest BCUT2D eigenvalue weighted by Gasteiger charge is -2.31. The fourth-order valence-corrected chi connectivity index (χ4v) is 1.78. The van der Waals surface area contributed by atoms with E-state index in [4.69, 9.17) is 0 Å². The predicted molar refractivity (Wildman–Crippen MR) is 62.0 cm³/mol. The van der Waals surface area contributed by atoms with Gasteiger partial charge in [0.1, 0.15) is 0 Å². The Hall–Kier alpha value is -1.35. The summed E-state index contributed by atoms with van der Waals surface area (Å²) in [5.41, 5.74) is -1.64. The van der Waals surface area contributed by atoms with Crippen molar-refractivity contribution in [2.75, 3.05) is 0 Å². The maximum absolute atomic E-state index is 11.2. The molecule has 0 heterocycles. The zero-order valence-corrected chi connectivity index (χ0v) is 9.90. The van der Waals surface area contributed by atoms with Gasteiger partial charge in [0, 0.05) is 0 Å². The summed E-state index contributed by atoms with van der Waals surface area (Å²) in [6.45, 7) is 5.72. The third-order valence-electron chi connectivity index (χ3n) is 2.39. The highest BCUT2D eigenvalue weighted by atomic mass is 16.4. The molecule has 1 unspecified atom stereocenters. The van der Waals surface area contributed by atoms with E-state index in [1.165, 1.54) is 0 Å². The number of benzene rings is 1. The molecule has 3 heteroatoms. The van der Waals surface area contributed by atoms with E-state index in [1.807, 2.05) is 20.8 Å². The molecule has 0 spiro atoms. The van der Waals surface area contributed by atoms with Crippen LogP contribution in [-0.4, -0.2) is 16.2 Å². The van der Waals surface area contributed by atoms with Crippen LogP contribution in [0.15, 0.2) is 30.3 Å². The van der Waals surface area contributed by atoms with Gasteiger partial charge in [0.25, 0.3) is 0 Å². The molecule has 0 aliphatic carbocycles. The van der Waals surface area contributed by atoms with Crippen LogP contribution >= 0.6 is 0 Å². The molecule has 0 radical (unpaired) electrons. The molecule has 0 fully saturated rings. The van der Waals surface area contributed by atoms with Gasteiger partial charge in [-0.25, -0.2) is 4.79 Å². The second-order valence-electron chi connectivity index (χ2n) is 5.27. The van der Waals surface area contributed by atoms with Crippen molar-refractivity contribution >= 4 is 5.97 Å². The van der Waals surface area contributed by atoms with Crippen LogP contribution in [0.5, 0.6) is 0 Å². The summed E-state index contributed by atoms with van der Waals surface area (Å²) >= 11 is 0. The molecule has 2 N–H and O–H groups in total. The van der Waals surface area contributed by atoms with Crippen molar-refractivity contribution in [2.24, 2.45) is 5.41 Å². The molecule has 0 amide bonds. The predicted octanol–water partition coefficient (Wildman–Crippen LogP) is 2.40. The molecular formula is C13H18O3. The molecule has 1 rings (SSSR count). The van der Waals surface area contributed by atoms with Crippen molar-refractivity contribution in [1.82, 2.24) is 0 Å². The standard InChI is InChI=1S/C13H18O3/c1-12(2,3)9-13(16,11(14)15)10-7-5-4-6-8-10/h4-8,16H,9H2,1-3H3,(H,14,15). The van der Waals surface area contributed by atoms with Crippen molar-refractivity contribution in [1.29, 1.82) is 0 Å². The Morgan fingerprint density at radius 3 is 2.06 bits per heavy atom. The van der Waals surface area contributed by atoms with Gasteiger partial charge in [-0.05, 0) is 17.4 Å². The maximum Gasteiger partial charge on any atom is 0.340 e. The SMILES string of the molecule is CC(C)(C)CC(O)(C(=O)O)c1ccccc1. The summed E-state index contributed by atoms with van der Waals surface area (Å²) in [6, 6.07) is 8.53. The van der Waals surface area contributed by atoms with Crippen molar-refractivity contribution < 1.29 is 15.0 Å². The first kappa shape index (κ1) is 12.7. The van der Waals surface area contributed by atoms with E-state index in [0.29, 0.717) is 5.56 Å². The lowest BCUT2D eigenvalue weighted by Crippen LogP contribution is -2.39. The first-order valence-electron chi connectivity index (χ1n) is 5.27. The molecule has 1 atom stereocenters. The molecule has 3 nitrogen and oxygen atoms in total. The largest absolute Gasteiger partial charge is 0.479 e. The number of carboxylic acids is 1. The van der Waals surface area contributed by atoms with E-state index in [9.17, 15) is 15.0 Å². The molecule has 0 aromatic heterocycles. The fraction of sp³-hybridized carbons (Fsp3) is 0.462. The summed E-state index contributed by atoms with van der Waals surface area (Å²) in [7, 11) is 0. The molecule has 1 aromatic rings. The average molecular weight is 222 g/mol. The van der Waals surface area contributed by atoms with Crippen LogP contribution in [0, 0.1) is 5.41 Å². The van der Waals surface area contributed by atoms with Gasteiger partial charge in [0.15, 0.2) is 5.60 Å². The van der Waals surface area contributed by atoms with Crippen molar-refractivity contribution in [2.45, 2.75) is 32.8 Å². The summed E-state index contributed by atoms with van der Waals surface area (Å²) in [5, 5.41) is 19.5. The number of rotatable bonds is 3. The minimum atomic E-state index is -1.81. The molecule has 16 heavy (non-hydrogen) atoms. The van der Waals surface area contributed by atoms with Gasteiger partial charge in [-0.1, -0.05) is 51.1 Å². The van der Waals surface area contributed by atoms with Crippen LogP contribution in [0.4, 0.5) is 0 Å². The smallest absolute Gasteiger partial charge is 0.340 e. The van der Waals surface area contributed by atoms with Gasteiger partial charge >= 0.3 is 5.97 Å². The molecule has 0 aliphatic rings. The van der Waals surface area contributed by atoms with Crippen LogP contribution in [-0.2, 0) is 10.4 Å². The highest BCUT2D eigenvalue weighted by Crippen LogP contribution is 2.34. The Morgan fingerprint density at radius 2 is 1.69 bits per heavy atom. The minimum absolute atomic E-state index is 0.180. The number of hydrogen-bond acceptors (Lipinski definition) is 2. The van der Waals surface area contributed by atoms with Gasteiger partial charge in [0.05, 0.1) is 0 Å². The molecule has 88 valence electrons. The Balaban J connectivity index is 3.13. The number of aliphatic carboxylic acids is 1. The monoisotopic (exact) mass is 222 g/mol. The molecule has 0 bridgehead atoms. The van der Waals surface area contributed by atoms with E-state index < -0.39 is 11.6 Å². The zero-order valence-electron chi connectivity index (χ0n) is 9.90. The third-order valence-corrected chi connectivity index (χ3v) is 2.39. The van der Waals surface area contributed by atoms with E-state index in [2.05, 4.69) is 0 Å². The number of aliphatic hydroxyl groups is 1. The lowest BCUT2D eigenvalue weighted by molar-refractivity contribution is -0.163. The highest BCUT2D eigenvalue weighted by molar-refractivity contribution is 5.79. The third kappa shape index (κ3) is 2.83. The summed E-state index contributed by atoms with van der Waals surface area (Å²) in [6.07, 6.45) is 0.180. The van der Waals surface area contributed by atoms with Gasteiger partial charge in [-0.3, -0.25) is 0 Å². The molecule has 0 aliphatic heterocycles. The Morgan fingerprint density at radius 1 is 1.19 bits per heavy atom. The van der Waals surface area contributed by atoms with Crippen LogP contribution in [0.3, 0.4) is 0 Å². The number of hydrogen-bond donors (Lipinski definition) is 2. The Kier molecular flexibility index (Phi) is 3.38. The summed E-state index contributed by atoms with van der Waals surface area (Å²) < 4.78 is 0. The second-order valence-corrected chi connectivity index (χ2v) is 5.27. The Bertz CT molecular complexity index is 365. The maximum atomic E-state index is 11.2. The zero-order chi connectivity index (χ0) is 12.4. The quantitative estimate of drug-likeness (QED) is 0.825. The van der Waals surface area contributed by atoms with E-state index in [1.54, 1.807) is 30.3 Å². The minimum Gasteiger partial charge on any atom is -0.479 e. The van der Waals surface area contributed by atoms with Crippen molar-refractivity contribution in [3.63, 3.8) is 0 Å².